The fraction of sp³-hybridized carbons (Fsp3) is 0.389. The normalized spacial score (nSPS) is 20.7. The van der Waals surface area contributed by atoms with E-state index < -0.39 is 10.0 Å². The molecule has 0 spiro atoms. The number of sulfonamides is 1. The van der Waals surface area contributed by atoms with Crippen LogP contribution in [0.2, 0.25) is 0 Å². The van der Waals surface area contributed by atoms with Crippen molar-refractivity contribution >= 4 is 32.4 Å². The number of nitrogens with two attached hydrogens (primary N) is 1. The predicted molar refractivity (Wildman–Crippen MR) is 98.8 cm³/mol. The van der Waals surface area contributed by atoms with E-state index in [4.69, 9.17) is 5.73 Å². The number of benzene rings is 2. The minimum atomic E-state index is -3.68. The molecule has 1 saturated carbocycles. The summed E-state index contributed by atoms with van der Waals surface area (Å²) in [6.07, 6.45) is 2.74. The first kappa shape index (κ1) is 17.8. The van der Waals surface area contributed by atoms with Gasteiger partial charge in [-0.3, -0.25) is 4.79 Å². The number of anilines is 1. The largest absolute Gasteiger partial charge is 0.330 e. The van der Waals surface area contributed by atoms with Crippen LogP contribution in [0.15, 0.2) is 41.3 Å². The Balaban J connectivity index is 2.02. The first-order valence-electron chi connectivity index (χ1n) is 8.44. The Morgan fingerprint density at radius 2 is 1.88 bits per heavy atom. The summed E-state index contributed by atoms with van der Waals surface area (Å²) < 4.78 is 28.7. The Kier molecular flexibility index (Phi) is 5.08. The molecule has 1 aliphatic rings. The second-order valence-corrected chi connectivity index (χ2v) is 8.17. The van der Waals surface area contributed by atoms with Gasteiger partial charge in [0.1, 0.15) is 0 Å². The fourth-order valence-electron chi connectivity index (χ4n) is 3.54. The molecule has 0 saturated heterocycles. The molecule has 2 unspecified atom stereocenters. The average Bonchev–Trinajstić information content (AvgIpc) is 3.01. The molecule has 1 amide bonds. The van der Waals surface area contributed by atoms with Gasteiger partial charge >= 0.3 is 0 Å². The Morgan fingerprint density at radius 3 is 2.56 bits per heavy atom. The van der Waals surface area contributed by atoms with Gasteiger partial charge in [0.15, 0.2) is 0 Å². The van der Waals surface area contributed by atoms with Crippen LogP contribution in [0.5, 0.6) is 0 Å². The number of hydrogen-bond acceptors (Lipinski definition) is 4. The first-order chi connectivity index (χ1) is 11.9. The maximum absolute atomic E-state index is 13.0. The third-order valence-corrected chi connectivity index (χ3v) is 6.30. The lowest BCUT2D eigenvalue weighted by Crippen LogP contribution is -2.39. The van der Waals surface area contributed by atoms with Crippen molar-refractivity contribution in [3.63, 3.8) is 0 Å². The number of amides is 1. The Labute approximate surface area is 147 Å². The fourth-order valence-corrected chi connectivity index (χ4v) is 5.09. The van der Waals surface area contributed by atoms with E-state index in [0.717, 1.165) is 19.3 Å². The predicted octanol–water partition coefficient (Wildman–Crippen LogP) is 2.20. The molecule has 0 bridgehead atoms. The van der Waals surface area contributed by atoms with E-state index in [-0.39, 0.29) is 22.8 Å². The molecule has 2 aromatic carbocycles. The monoisotopic (exact) mass is 361 g/mol. The summed E-state index contributed by atoms with van der Waals surface area (Å²) >= 11 is 0. The molecule has 0 aliphatic heterocycles. The molecular formula is C18H23N3O3S. The van der Waals surface area contributed by atoms with Gasteiger partial charge < -0.3 is 11.1 Å². The molecule has 4 N–H and O–H groups in total. The summed E-state index contributed by atoms with van der Waals surface area (Å²) in [5, 5.41) is 4.03. The van der Waals surface area contributed by atoms with Crippen molar-refractivity contribution < 1.29 is 13.2 Å². The zero-order valence-electron chi connectivity index (χ0n) is 14.2. The zero-order chi connectivity index (χ0) is 18.0. The molecule has 134 valence electrons. The van der Waals surface area contributed by atoms with Crippen molar-refractivity contribution in [1.82, 2.24) is 4.72 Å². The molecule has 0 heterocycles. The zero-order valence-corrected chi connectivity index (χ0v) is 15.0. The van der Waals surface area contributed by atoms with Crippen LogP contribution in [-0.2, 0) is 14.8 Å². The van der Waals surface area contributed by atoms with Gasteiger partial charge in [0.2, 0.25) is 15.9 Å². The Morgan fingerprint density at radius 1 is 1.16 bits per heavy atom. The minimum absolute atomic E-state index is 0.121. The number of fused-ring (bicyclic) bond motifs is 1. The molecule has 25 heavy (non-hydrogen) atoms. The second-order valence-electron chi connectivity index (χ2n) is 6.49. The van der Waals surface area contributed by atoms with Gasteiger partial charge in [-0.1, -0.05) is 30.7 Å². The van der Waals surface area contributed by atoms with Crippen molar-refractivity contribution in [2.75, 3.05) is 11.9 Å². The van der Waals surface area contributed by atoms with Crippen LogP contribution in [0.3, 0.4) is 0 Å². The summed E-state index contributed by atoms with van der Waals surface area (Å²) in [6.45, 7) is 1.91. The summed E-state index contributed by atoms with van der Waals surface area (Å²) in [7, 11) is -3.68. The SMILES string of the molecule is CC(=O)Nc1ccc(S(=O)(=O)NC2CCCC2CN)c2ccccc12. The smallest absolute Gasteiger partial charge is 0.241 e. The van der Waals surface area contributed by atoms with E-state index in [9.17, 15) is 13.2 Å². The molecule has 1 aliphatic carbocycles. The number of nitrogens with one attached hydrogen (secondary N) is 2. The molecule has 0 radical (unpaired) electrons. The van der Waals surface area contributed by atoms with Crippen molar-refractivity contribution in [2.24, 2.45) is 11.7 Å². The highest BCUT2D eigenvalue weighted by molar-refractivity contribution is 7.89. The average molecular weight is 361 g/mol. The topological polar surface area (TPSA) is 101 Å². The third-order valence-electron chi connectivity index (χ3n) is 4.75. The lowest BCUT2D eigenvalue weighted by atomic mass is 10.1. The van der Waals surface area contributed by atoms with Gasteiger partial charge in [0.25, 0.3) is 0 Å². The number of carbonyl (C=O) groups is 1. The van der Waals surface area contributed by atoms with Gasteiger partial charge in [0, 0.05) is 29.4 Å². The lowest BCUT2D eigenvalue weighted by Gasteiger charge is -2.20. The van der Waals surface area contributed by atoms with E-state index in [1.54, 1.807) is 30.3 Å². The lowest BCUT2D eigenvalue weighted by molar-refractivity contribution is -0.114. The minimum Gasteiger partial charge on any atom is -0.330 e. The summed E-state index contributed by atoms with van der Waals surface area (Å²) in [5.41, 5.74) is 6.36. The molecule has 2 aromatic rings. The molecule has 3 rings (SSSR count). The van der Waals surface area contributed by atoms with Gasteiger partial charge in [-0.2, -0.15) is 0 Å². The van der Waals surface area contributed by atoms with Gasteiger partial charge in [-0.05, 0) is 37.4 Å². The van der Waals surface area contributed by atoms with Gasteiger partial charge in [0.05, 0.1) is 4.90 Å². The van der Waals surface area contributed by atoms with Crippen molar-refractivity contribution in [1.29, 1.82) is 0 Å². The molecule has 1 fully saturated rings. The molecule has 0 aromatic heterocycles. The summed E-state index contributed by atoms with van der Waals surface area (Å²) in [4.78, 5) is 11.6. The van der Waals surface area contributed by atoms with E-state index in [1.165, 1.54) is 6.92 Å². The van der Waals surface area contributed by atoms with Crippen LogP contribution in [-0.4, -0.2) is 26.9 Å². The van der Waals surface area contributed by atoms with Crippen molar-refractivity contribution in [2.45, 2.75) is 37.1 Å². The summed E-state index contributed by atoms with van der Waals surface area (Å²) in [6, 6.07) is 10.2. The maximum atomic E-state index is 13.0. The van der Waals surface area contributed by atoms with Crippen LogP contribution in [0, 0.1) is 5.92 Å². The van der Waals surface area contributed by atoms with E-state index in [0.29, 0.717) is 23.0 Å². The second kappa shape index (κ2) is 7.11. The number of carbonyl (C=O) groups excluding carboxylic acids is 1. The highest BCUT2D eigenvalue weighted by Gasteiger charge is 2.31. The van der Waals surface area contributed by atoms with Crippen LogP contribution in [0.1, 0.15) is 26.2 Å². The number of rotatable bonds is 5. The maximum Gasteiger partial charge on any atom is 0.241 e. The molecule has 6 nitrogen and oxygen atoms in total. The van der Waals surface area contributed by atoms with E-state index in [1.807, 2.05) is 6.07 Å². The standard InChI is InChI=1S/C18H23N3O3S/c1-12(22)20-17-9-10-18(15-7-3-2-6-14(15)17)25(23,24)21-16-8-4-5-13(16)11-19/h2-3,6-7,9-10,13,16,21H,4-5,8,11,19H2,1H3,(H,20,22). The highest BCUT2D eigenvalue weighted by Crippen LogP contribution is 2.31. The van der Waals surface area contributed by atoms with Crippen molar-refractivity contribution in [3.05, 3.63) is 36.4 Å². The molecular weight excluding hydrogens is 338 g/mol. The Bertz CT molecular complexity index is 896. The van der Waals surface area contributed by atoms with Gasteiger partial charge in [-0.25, -0.2) is 13.1 Å². The third kappa shape index (κ3) is 3.68. The van der Waals surface area contributed by atoms with Crippen LogP contribution >= 0.6 is 0 Å². The number of hydrogen-bond donors (Lipinski definition) is 3. The highest BCUT2D eigenvalue weighted by atomic mass is 32.2. The first-order valence-corrected chi connectivity index (χ1v) is 9.92. The molecule has 7 heteroatoms. The van der Waals surface area contributed by atoms with E-state index in [2.05, 4.69) is 10.0 Å². The van der Waals surface area contributed by atoms with Crippen LogP contribution in [0.25, 0.3) is 10.8 Å². The quantitative estimate of drug-likeness (QED) is 0.760. The van der Waals surface area contributed by atoms with Crippen molar-refractivity contribution in [3.8, 4) is 0 Å². The van der Waals surface area contributed by atoms with Crippen LogP contribution < -0.4 is 15.8 Å². The van der Waals surface area contributed by atoms with Gasteiger partial charge in [-0.15, -0.1) is 0 Å². The Hall–Kier alpha value is -1.96. The molecule has 2 atom stereocenters. The summed E-state index contributed by atoms with van der Waals surface area (Å²) in [5.74, 6) is -0.0182. The van der Waals surface area contributed by atoms with E-state index >= 15 is 0 Å². The van der Waals surface area contributed by atoms with Crippen LogP contribution in [0.4, 0.5) is 5.69 Å².